The SMILES string of the molecule is CN1CCN(C(CNC(=O)c2cc(Br)ccc2Cl)c2cccn2C)CC1. The maximum atomic E-state index is 12.7. The third-order valence-electron chi connectivity index (χ3n) is 4.93. The molecule has 0 radical (unpaired) electrons. The number of benzene rings is 1. The minimum Gasteiger partial charge on any atom is -0.353 e. The van der Waals surface area contributed by atoms with E-state index in [2.05, 4.69) is 48.7 Å². The standard InChI is InChI=1S/C19H24BrClN4O/c1-23-8-10-25(11-9-23)18(17-4-3-7-24(17)2)13-22-19(26)15-12-14(20)5-6-16(15)21/h3-7,12,18H,8-11,13H2,1-2H3,(H,22,26). The van der Waals surface area contributed by atoms with Gasteiger partial charge in [-0.25, -0.2) is 0 Å². The normalized spacial score (nSPS) is 17.2. The topological polar surface area (TPSA) is 40.5 Å². The molecule has 0 spiro atoms. The molecule has 1 saturated heterocycles. The molecule has 0 saturated carbocycles. The third-order valence-corrected chi connectivity index (χ3v) is 5.76. The van der Waals surface area contributed by atoms with Gasteiger partial charge in [-0.2, -0.15) is 0 Å². The summed E-state index contributed by atoms with van der Waals surface area (Å²) in [7, 11) is 4.19. The van der Waals surface area contributed by atoms with E-state index in [-0.39, 0.29) is 11.9 Å². The first kappa shape index (κ1) is 19.4. The predicted octanol–water partition coefficient (Wildman–Crippen LogP) is 3.16. The molecule has 5 nitrogen and oxygen atoms in total. The van der Waals surface area contributed by atoms with Crippen molar-refractivity contribution in [1.82, 2.24) is 19.7 Å². The second kappa shape index (κ2) is 8.57. The average Bonchev–Trinajstić information content (AvgIpc) is 3.04. The van der Waals surface area contributed by atoms with Crippen LogP contribution in [0.25, 0.3) is 0 Å². The van der Waals surface area contributed by atoms with Gasteiger partial charge in [0.15, 0.2) is 0 Å². The Morgan fingerprint density at radius 3 is 2.62 bits per heavy atom. The van der Waals surface area contributed by atoms with Crippen LogP contribution in [0.4, 0.5) is 0 Å². The lowest BCUT2D eigenvalue weighted by molar-refractivity contribution is 0.0877. The van der Waals surface area contributed by atoms with Crippen molar-refractivity contribution >= 4 is 33.4 Å². The Labute approximate surface area is 168 Å². The van der Waals surface area contributed by atoms with Gasteiger partial charge < -0.3 is 14.8 Å². The van der Waals surface area contributed by atoms with Crippen molar-refractivity contribution in [2.75, 3.05) is 39.8 Å². The van der Waals surface area contributed by atoms with Crippen LogP contribution in [-0.4, -0.2) is 60.0 Å². The summed E-state index contributed by atoms with van der Waals surface area (Å²) in [5, 5.41) is 3.54. The van der Waals surface area contributed by atoms with E-state index in [0.29, 0.717) is 17.1 Å². The number of carbonyl (C=O) groups excluding carboxylic acids is 1. The van der Waals surface area contributed by atoms with Crippen LogP contribution in [0.2, 0.25) is 5.02 Å². The van der Waals surface area contributed by atoms with Gasteiger partial charge in [0.25, 0.3) is 5.91 Å². The van der Waals surface area contributed by atoms with E-state index in [4.69, 9.17) is 11.6 Å². The number of halogens is 2. The number of nitrogens with zero attached hydrogens (tertiary/aromatic N) is 3. The van der Waals surface area contributed by atoms with E-state index in [0.717, 1.165) is 30.7 Å². The number of likely N-dealkylation sites (N-methyl/N-ethyl adjacent to an activating group) is 1. The zero-order chi connectivity index (χ0) is 18.7. The van der Waals surface area contributed by atoms with E-state index in [9.17, 15) is 4.79 Å². The number of aryl methyl sites for hydroxylation is 1. The first-order chi connectivity index (χ1) is 12.5. The number of hydrogen-bond acceptors (Lipinski definition) is 3. The molecular formula is C19H24BrClN4O. The first-order valence-corrected chi connectivity index (χ1v) is 9.90. The van der Waals surface area contributed by atoms with E-state index in [1.807, 2.05) is 25.4 Å². The van der Waals surface area contributed by atoms with Gasteiger partial charge in [-0.15, -0.1) is 0 Å². The second-order valence-electron chi connectivity index (χ2n) is 6.73. The maximum absolute atomic E-state index is 12.7. The molecule has 140 valence electrons. The van der Waals surface area contributed by atoms with E-state index in [1.165, 1.54) is 5.69 Å². The van der Waals surface area contributed by atoms with Gasteiger partial charge in [-0.05, 0) is 37.4 Å². The lowest BCUT2D eigenvalue weighted by Gasteiger charge is -2.38. The van der Waals surface area contributed by atoms with Gasteiger partial charge in [-0.1, -0.05) is 27.5 Å². The minimum absolute atomic E-state index is 0.138. The Morgan fingerprint density at radius 2 is 1.96 bits per heavy atom. The predicted molar refractivity (Wildman–Crippen MR) is 109 cm³/mol. The average molecular weight is 440 g/mol. The van der Waals surface area contributed by atoms with E-state index in [1.54, 1.807) is 12.1 Å². The lowest BCUT2D eigenvalue weighted by atomic mass is 10.1. The van der Waals surface area contributed by atoms with Crippen LogP contribution in [0.3, 0.4) is 0 Å². The Morgan fingerprint density at radius 1 is 1.23 bits per heavy atom. The van der Waals surface area contributed by atoms with Crippen LogP contribution >= 0.6 is 27.5 Å². The molecular weight excluding hydrogens is 416 g/mol. The number of piperazine rings is 1. The fourth-order valence-corrected chi connectivity index (χ4v) is 3.90. The lowest BCUT2D eigenvalue weighted by Crippen LogP contribution is -2.48. The van der Waals surface area contributed by atoms with Gasteiger partial charge in [0.05, 0.1) is 16.6 Å². The van der Waals surface area contributed by atoms with E-state index >= 15 is 0 Å². The molecule has 1 fully saturated rings. The summed E-state index contributed by atoms with van der Waals surface area (Å²) in [4.78, 5) is 17.4. The molecule has 1 unspecified atom stereocenters. The van der Waals surface area contributed by atoms with E-state index < -0.39 is 0 Å². The number of aromatic nitrogens is 1. The van der Waals surface area contributed by atoms with Gasteiger partial charge in [-0.3, -0.25) is 9.69 Å². The van der Waals surface area contributed by atoms with Gasteiger partial charge in [0.2, 0.25) is 0 Å². The summed E-state index contributed by atoms with van der Waals surface area (Å²) in [6.45, 7) is 4.58. The first-order valence-electron chi connectivity index (χ1n) is 8.73. The summed E-state index contributed by atoms with van der Waals surface area (Å²) in [5.41, 5.74) is 1.69. The summed E-state index contributed by atoms with van der Waals surface area (Å²) in [6.07, 6.45) is 2.05. The molecule has 0 aliphatic carbocycles. The number of amides is 1. The van der Waals surface area contributed by atoms with Crippen molar-refractivity contribution in [3.05, 3.63) is 57.3 Å². The highest BCUT2D eigenvalue weighted by Gasteiger charge is 2.26. The number of hydrogen-bond donors (Lipinski definition) is 1. The molecule has 1 aromatic carbocycles. The van der Waals surface area contributed by atoms with Crippen LogP contribution in [0.5, 0.6) is 0 Å². The smallest absolute Gasteiger partial charge is 0.252 e. The van der Waals surface area contributed by atoms with Crippen LogP contribution < -0.4 is 5.32 Å². The Kier molecular flexibility index (Phi) is 6.40. The van der Waals surface area contributed by atoms with Crippen molar-refractivity contribution in [1.29, 1.82) is 0 Å². The fourth-order valence-electron chi connectivity index (χ4n) is 3.33. The molecule has 1 aliphatic rings. The van der Waals surface area contributed by atoms with Crippen molar-refractivity contribution in [2.45, 2.75) is 6.04 Å². The molecule has 2 heterocycles. The van der Waals surface area contributed by atoms with Crippen molar-refractivity contribution in [3.8, 4) is 0 Å². The molecule has 0 bridgehead atoms. The summed E-state index contributed by atoms with van der Waals surface area (Å²) in [6, 6.07) is 9.63. The summed E-state index contributed by atoms with van der Waals surface area (Å²) < 4.78 is 2.96. The van der Waals surface area contributed by atoms with Crippen LogP contribution in [0, 0.1) is 0 Å². The Hall–Kier alpha value is -1.34. The molecule has 2 aromatic rings. The van der Waals surface area contributed by atoms with Crippen molar-refractivity contribution < 1.29 is 4.79 Å². The maximum Gasteiger partial charge on any atom is 0.252 e. The number of nitrogens with one attached hydrogen (secondary N) is 1. The molecule has 26 heavy (non-hydrogen) atoms. The Bertz CT molecular complexity index is 771. The van der Waals surface area contributed by atoms with Crippen molar-refractivity contribution in [3.63, 3.8) is 0 Å². The largest absolute Gasteiger partial charge is 0.353 e. The summed E-state index contributed by atoms with van der Waals surface area (Å²) >= 11 is 9.59. The third kappa shape index (κ3) is 4.49. The minimum atomic E-state index is -0.148. The Balaban J connectivity index is 1.75. The zero-order valence-corrected chi connectivity index (χ0v) is 17.4. The van der Waals surface area contributed by atoms with Gasteiger partial charge >= 0.3 is 0 Å². The zero-order valence-electron chi connectivity index (χ0n) is 15.1. The van der Waals surface area contributed by atoms with Crippen LogP contribution in [0.1, 0.15) is 22.1 Å². The van der Waals surface area contributed by atoms with Crippen LogP contribution in [-0.2, 0) is 7.05 Å². The van der Waals surface area contributed by atoms with Crippen molar-refractivity contribution in [2.24, 2.45) is 7.05 Å². The molecule has 1 aliphatic heterocycles. The van der Waals surface area contributed by atoms with Gasteiger partial charge in [0, 0.05) is 56.1 Å². The summed E-state index contributed by atoms with van der Waals surface area (Å²) in [5.74, 6) is -0.148. The monoisotopic (exact) mass is 438 g/mol. The quantitative estimate of drug-likeness (QED) is 0.778. The fraction of sp³-hybridized carbons (Fsp3) is 0.421. The molecule has 7 heteroatoms. The molecule has 1 aromatic heterocycles. The second-order valence-corrected chi connectivity index (χ2v) is 8.06. The highest BCUT2D eigenvalue weighted by Crippen LogP contribution is 2.23. The molecule has 3 rings (SSSR count). The molecule has 1 N–H and O–H groups in total. The highest BCUT2D eigenvalue weighted by atomic mass is 79.9. The molecule has 1 amide bonds. The molecule has 1 atom stereocenters. The van der Waals surface area contributed by atoms with Crippen LogP contribution in [0.15, 0.2) is 41.0 Å². The number of carbonyl (C=O) groups is 1. The highest BCUT2D eigenvalue weighted by molar-refractivity contribution is 9.10. The van der Waals surface area contributed by atoms with Gasteiger partial charge in [0.1, 0.15) is 0 Å². The number of rotatable bonds is 5.